The lowest BCUT2D eigenvalue weighted by Crippen LogP contribution is -2.34. The number of aliphatic hydroxyl groups excluding tert-OH is 1. The van der Waals surface area contributed by atoms with E-state index < -0.39 is 23.5 Å². The number of ether oxygens (including phenoxy) is 2. The number of benzene rings is 2. The number of hydrogen-bond donors (Lipinski definition) is 1. The summed E-state index contributed by atoms with van der Waals surface area (Å²) in [7, 11) is 1.53. The van der Waals surface area contributed by atoms with Crippen molar-refractivity contribution in [3.05, 3.63) is 75.7 Å². The molecule has 2 heterocycles. The highest BCUT2D eigenvalue weighted by Crippen LogP contribution is 2.40. The molecule has 0 fully saturated rings. The summed E-state index contributed by atoms with van der Waals surface area (Å²) >= 11 is 3.41. The van der Waals surface area contributed by atoms with Gasteiger partial charge in [0.1, 0.15) is 11.3 Å². The highest BCUT2D eigenvalue weighted by molar-refractivity contribution is 9.10. The Balaban J connectivity index is 1.72. The van der Waals surface area contributed by atoms with Crippen molar-refractivity contribution >= 4 is 38.6 Å². The van der Waals surface area contributed by atoms with E-state index in [4.69, 9.17) is 13.9 Å². The summed E-state index contributed by atoms with van der Waals surface area (Å²) in [5.74, 6) is -0.613. The highest BCUT2D eigenvalue weighted by Gasteiger charge is 2.44. The van der Waals surface area contributed by atoms with Crippen LogP contribution in [-0.4, -0.2) is 48.6 Å². The van der Waals surface area contributed by atoms with Crippen LogP contribution in [0, 0.1) is 5.92 Å². The van der Waals surface area contributed by atoms with Crippen LogP contribution in [0.2, 0.25) is 0 Å². The Kier molecular flexibility index (Phi) is 7.09. The molecule has 4 rings (SSSR count). The Labute approximate surface area is 206 Å². The summed E-state index contributed by atoms with van der Waals surface area (Å²) in [6, 6.07) is 13.4. The zero-order chi connectivity index (χ0) is 24.4. The van der Waals surface area contributed by atoms with Gasteiger partial charge in [0.05, 0.1) is 24.8 Å². The molecule has 0 spiro atoms. The molecule has 1 aliphatic heterocycles. The molecule has 2 aromatic carbocycles. The number of amides is 1. The molecular formula is C26H26BrNO6. The van der Waals surface area contributed by atoms with E-state index in [2.05, 4.69) is 29.8 Å². The summed E-state index contributed by atoms with van der Waals surface area (Å²) in [5, 5.41) is 11.5. The zero-order valence-electron chi connectivity index (χ0n) is 19.2. The van der Waals surface area contributed by atoms with E-state index in [1.807, 2.05) is 12.1 Å². The SMILES string of the molecule is COCCN1C(=O)C(O)=C(C(=O)c2cc3cc(Br)ccc3o2)C1c1ccc(OCC(C)C)cc1. The molecule has 1 N–H and O–H groups in total. The summed E-state index contributed by atoms with van der Waals surface area (Å²) in [6.45, 7) is 5.17. The lowest BCUT2D eigenvalue weighted by atomic mass is 9.95. The fourth-order valence-electron chi connectivity index (χ4n) is 3.92. The molecule has 1 aromatic heterocycles. The third-order valence-electron chi connectivity index (χ3n) is 5.57. The van der Waals surface area contributed by atoms with E-state index in [1.54, 1.807) is 36.4 Å². The average Bonchev–Trinajstić information content (AvgIpc) is 3.35. The molecule has 1 amide bonds. The number of nitrogens with zero attached hydrogens (tertiary/aromatic N) is 1. The second-order valence-electron chi connectivity index (χ2n) is 8.55. The topological polar surface area (TPSA) is 89.2 Å². The van der Waals surface area contributed by atoms with Crippen molar-refractivity contribution in [2.75, 3.05) is 26.9 Å². The zero-order valence-corrected chi connectivity index (χ0v) is 20.8. The molecule has 7 nitrogen and oxygen atoms in total. The van der Waals surface area contributed by atoms with Gasteiger partial charge in [-0.25, -0.2) is 0 Å². The minimum atomic E-state index is -0.783. The van der Waals surface area contributed by atoms with E-state index in [1.165, 1.54) is 12.0 Å². The van der Waals surface area contributed by atoms with Gasteiger partial charge in [0.15, 0.2) is 11.5 Å². The second-order valence-corrected chi connectivity index (χ2v) is 9.47. The molecule has 8 heteroatoms. The third-order valence-corrected chi connectivity index (χ3v) is 6.06. The van der Waals surface area contributed by atoms with Gasteiger partial charge in [0.2, 0.25) is 5.78 Å². The summed E-state index contributed by atoms with van der Waals surface area (Å²) in [4.78, 5) is 27.9. The van der Waals surface area contributed by atoms with Crippen LogP contribution in [0.15, 0.2) is 68.8 Å². The molecule has 178 valence electrons. The number of methoxy groups -OCH3 is 1. The number of hydrogen-bond acceptors (Lipinski definition) is 6. The maximum absolute atomic E-state index is 13.5. The fourth-order valence-corrected chi connectivity index (χ4v) is 4.30. The highest BCUT2D eigenvalue weighted by atomic mass is 79.9. The predicted octanol–water partition coefficient (Wildman–Crippen LogP) is 5.45. The van der Waals surface area contributed by atoms with Gasteiger partial charge in [-0.2, -0.15) is 0 Å². The molecule has 0 saturated carbocycles. The van der Waals surface area contributed by atoms with Gasteiger partial charge < -0.3 is 23.9 Å². The van der Waals surface area contributed by atoms with Crippen molar-refractivity contribution in [2.24, 2.45) is 5.92 Å². The molecule has 3 aromatic rings. The van der Waals surface area contributed by atoms with Gasteiger partial charge in [0.25, 0.3) is 5.91 Å². The van der Waals surface area contributed by atoms with E-state index in [9.17, 15) is 14.7 Å². The first kappa shape index (κ1) is 24.0. The third kappa shape index (κ3) is 4.74. The smallest absolute Gasteiger partial charge is 0.290 e. The van der Waals surface area contributed by atoms with Crippen molar-refractivity contribution in [3.63, 3.8) is 0 Å². The predicted molar refractivity (Wildman–Crippen MR) is 131 cm³/mol. The Morgan fingerprint density at radius 3 is 2.59 bits per heavy atom. The van der Waals surface area contributed by atoms with E-state index in [0.29, 0.717) is 29.4 Å². The molecular weight excluding hydrogens is 502 g/mol. The summed E-state index contributed by atoms with van der Waals surface area (Å²) in [6.07, 6.45) is 0. The normalized spacial score (nSPS) is 16.2. The van der Waals surface area contributed by atoms with E-state index >= 15 is 0 Å². The number of rotatable bonds is 9. The molecule has 0 aliphatic carbocycles. The number of ketones is 1. The second kappa shape index (κ2) is 10.0. The van der Waals surface area contributed by atoms with Gasteiger partial charge in [-0.15, -0.1) is 0 Å². The van der Waals surface area contributed by atoms with Gasteiger partial charge in [-0.1, -0.05) is 41.9 Å². The lowest BCUT2D eigenvalue weighted by Gasteiger charge is -2.26. The number of aliphatic hydroxyl groups is 1. The largest absolute Gasteiger partial charge is 0.503 e. The first-order valence-corrected chi connectivity index (χ1v) is 11.8. The average molecular weight is 528 g/mol. The van der Waals surface area contributed by atoms with Gasteiger partial charge in [0, 0.05) is 23.5 Å². The Bertz CT molecular complexity index is 1240. The van der Waals surface area contributed by atoms with Crippen LogP contribution in [0.5, 0.6) is 5.75 Å². The van der Waals surface area contributed by atoms with Crippen molar-refractivity contribution in [1.82, 2.24) is 4.90 Å². The summed E-state index contributed by atoms with van der Waals surface area (Å²) in [5.41, 5.74) is 1.19. The van der Waals surface area contributed by atoms with Crippen molar-refractivity contribution < 1.29 is 28.6 Å². The fraction of sp³-hybridized carbons (Fsp3) is 0.308. The molecule has 1 aliphatic rings. The number of fused-ring (bicyclic) bond motifs is 1. The van der Waals surface area contributed by atoms with Crippen LogP contribution >= 0.6 is 15.9 Å². The van der Waals surface area contributed by atoms with Gasteiger partial charge in [-0.3, -0.25) is 9.59 Å². The maximum atomic E-state index is 13.5. The quantitative estimate of drug-likeness (QED) is 0.372. The Hall–Kier alpha value is -3.10. The number of carbonyl (C=O) groups is 2. The van der Waals surface area contributed by atoms with Crippen molar-refractivity contribution in [2.45, 2.75) is 19.9 Å². The van der Waals surface area contributed by atoms with Crippen LogP contribution in [0.25, 0.3) is 11.0 Å². The number of halogens is 1. The minimum Gasteiger partial charge on any atom is -0.503 e. The Morgan fingerprint density at radius 2 is 1.91 bits per heavy atom. The molecule has 0 saturated heterocycles. The minimum absolute atomic E-state index is 0.0185. The van der Waals surface area contributed by atoms with Gasteiger partial charge in [-0.05, 0) is 47.9 Å². The van der Waals surface area contributed by atoms with E-state index in [-0.39, 0.29) is 24.5 Å². The molecule has 1 unspecified atom stereocenters. The van der Waals surface area contributed by atoms with Gasteiger partial charge >= 0.3 is 0 Å². The van der Waals surface area contributed by atoms with Crippen LogP contribution in [-0.2, 0) is 9.53 Å². The van der Waals surface area contributed by atoms with Crippen LogP contribution in [0.1, 0.15) is 36.0 Å². The Morgan fingerprint density at radius 1 is 1.18 bits per heavy atom. The molecule has 34 heavy (non-hydrogen) atoms. The van der Waals surface area contributed by atoms with Crippen LogP contribution in [0.3, 0.4) is 0 Å². The molecule has 1 atom stereocenters. The number of furan rings is 1. The van der Waals surface area contributed by atoms with Crippen molar-refractivity contribution in [3.8, 4) is 5.75 Å². The lowest BCUT2D eigenvalue weighted by molar-refractivity contribution is -0.130. The summed E-state index contributed by atoms with van der Waals surface area (Å²) < 4.78 is 17.5. The standard InChI is InChI=1S/C26H26BrNO6/c1-15(2)14-33-19-7-4-16(5-8-19)23-22(25(30)26(31)28(23)10-11-32-3)24(29)21-13-17-12-18(27)6-9-20(17)34-21/h4-9,12-13,15,23,30H,10-11,14H2,1-3H3. The maximum Gasteiger partial charge on any atom is 0.290 e. The first-order chi connectivity index (χ1) is 16.3. The van der Waals surface area contributed by atoms with Crippen molar-refractivity contribution in [1.29, 1.82) is 0 Å². The molecule has 0 bridgehead atoms. The number of Topliss-reactive ketones (excluding diaryl/α,β-unsaturated/α-hetero) is 1. The first-order valence-electron chi connectivity index (χ1n) is 11.0. The molecule has 0 radical (unpaired) electrons. The number of carbonyl (C=O) groups excluding carboxylic acids is 2. The van der Waals surface area contributed by atoms with Crippen LogP contribution in [0.4, 0.5) is 0 Å². The van der Waals surface area contributed by atoms with Crippen LogP contribution < -0.4 is 4.74 Å². The van der Waals surface area contributed by atoms with E-state index in [0.717, 1.165) is 9.86 Å². The monoisotopic (exact) mass is 527 g/mol.